The number of rotatable bonds is 12. The van der Waals surface area contributed by atoms with Crippen molar-refractivity contribution in [1.29, 1.82) is 0 Å². The quantitative estimate of drug-likeness (QED) is 0.135. The fourth-order valence-corrected chi connectivity index (χ4v) is 8.26. The van der Waals surface area contributed by atoms with Gasteiger partial charge in [0.25, 0.3) is 5.91 Å². The largest absolute Gasteiger partial charge is 0.488 e. The van der Waals surface area contributed by atoms with Gasteiger partial charge in [-0.05, 0) is 73.7 Å². The Morgan fingerprint density at radius 3 is 2.09 bits per heavy atom. The zero-order chi connectivity index (χ0) is 37.9. The van der Waals surface area contributed by atoms with Gasteiger partial charge in [0.05, 0.1) is 12.6 Å². The van der Waals surface area contributed by atoms with Gasteiger partial charge in [0.2, 0.25) is 0 Å². The third kappa shape index (κ3) is 8.38. The molecule has 13 heteroatoms. The number of carbonyl (C=O) groups excluding carboxylic acids is 1. The highest BCUT2D eigenvalue weighted by molar-refractivity contribution is 7.87. The first-order valence-corrected chi connectivity index (χ1v) is 20.4. The molecule has 0 unspecified atom stereocenters. The van der Waals surface area contributed by atoms with Crippen molar-refractivity contribution < 1.29 is 39.5 Å². The number of ether oxygens (including phenoxy) is 2. The van der Waals surface area contributed by atoms with Crippen LogP contribution >= 0.6 is 0 Å². The zero-order valence-electron chi connectivity index (χ0n) is 29.9. The first-order valence-electron chi connectivity index (χ1n) is 17.6. The summed E-state index contributed by atoms with van der Waals surface area (Å²) in [5.41, 5.74) is 5.16. The van der Waals surface area contributed by atoms with Gasteiger partial charge in [-0.3, -0.25) is 4.79 Å². The van der Waals surface area contributed by atoms with E-state index in [2.05, 4.69) is 5.32 Å². The maximum atomic E-state index is 14.8. The third-order valence-electron chi connectivity index (χ3n) is 9.36. The summed E-state index contributed by atoms with van der Waals surface area (Å²) < 4.78 is 77.7. The van der Waals surface area contributed by atoms with E-state index in [4.69, 9.17) is 17.8 Å². The number of aryl methyl sites for hydroxylation is 2. The maximum absolute atomic E-state index is 14.8. The number of hydrogen-bond donors (Lipinski definition) is 1. The second-order valence-electron chi connectivity index (χ2n) is 13.4. The van der Waals surface area contributed by atoms with Gasteiger partial charge in [0.15, 0.2) is 5.75 Å². The van der Waals surface area contributed by atoms with E-state index in [0.717, 1.165) is 46.0 Å². The average molecular weight is 769 g/mol. The number of hydrogen-bond acceptors (Lipinski definition) is 10. The molecule has 1 N–H and O–H groups in total. The molecule has 2 heterocycles. The fraction of sp³-hybridized carbons (Fsp3) is 0.244. The summed E-state index contributed by atoms with van der Waals surface area (Å²) in [5, 5.41) is 3.56. The number of carbonyl (C=O) groups is 1. The Bertz CT molecular complexity index is 2360. The maximum Gasteiger partial charge on any atom is 0.339 e. The monoisotopic (exact) mass is 768 g/mol. The minimum atomic E-state index is -4.54. The van der Waals surface area contributed by atoms with Crippen LogP contribution in [-0.2, 0) is 44.5 Å². The molecule has 0 aliphatic carbocycles. The minimum absolute atomic E-state index is 0.0280. The molecule has 2 aliphatic heterocycles. The van der Waals surface area contributed by atoms with Crippen LogP contribution in [0.4, 0.5) is 5.69 Å². The fourth-order valence-electron chi connectivity index (χ4n) is 6.41. The van der Waals surface area contributed by atoms with E-state index in [0.29, 0.717) is 26.2 Å². The van der Waals surface area contributed by atoms with Gasteiger partial charge < -0.3 is 28.1 Å². The standard InChI is InChI=1S/C41H40N2O9S2/c1-28-11-15-34(16-12-28)53(45,46)51-33-23-38(50-26-30-7-4-3-5-8-30)40(39(24-33)52-54(47,48)35-17-13-29(2)14-18-35)41(44)43-21-19-31-9-6-10-37(36(31)25-43)42-32-20-22-49-27-32/h3-18,23-24,32,42H,19-22,25-27H2,1-2H3/t32-/m0/s1. The average Bonchev–Trinajstić information content (AvgIpc) is 3.67. The van der Waals surface area contributed by atoms with Gasteiger partial charge in [-0.15, -0.1) is 0 Å². The molecule has 0 spiro atoms. The second-order valence-corrected chi connectivity index (χ2v) is 16.5. The molecule has 1 amide bonds. The van der Waals surface area contributed by atoms with Crippen LogP contribution in [0.25, 0.3) is 0 Å². The number of benzene rings is 5. The molecule has 0 bridgehead atoms. The minimum Gasteiger partial charge on any atom is -0.488 e. The smallest absolute Gasteiger partial charge is 0.339 e. The highest BCUT2D eigenvalue weighted by Crippen LogP contribution is 2.40. The van der Waals surface area contributed by atoms with E-state index in [-0.39, 0.29) is 46.0 Å². The van der Waals surface area contributed by atoms with Crippen LogP contribution in [-0.4, -0.2) is 53.4 Å². The molecule has 0 aromatic heterocycles. The predicted octanol–water partition coefficient (Wildman–Crippen LogP) is 6.82. The lowest BCUT2D eigenvalue weighted by Gasteiger charge is -2.32. The highest BCUT2D eigenvalue weighted by Gasteiger charge is 2.33. The van der Waals surface area contributed by atoms with Gasteiger partial charge in [0.1, 0.15) is 33.5 Å². The number of nitrogens with one attached hydrogen (secondary N) is 1. The first kappa shape index (κ1) is 37.0. The Kier molecular flexibility index (Phi) is 10.6. The number of nitrogens with zero attached hydrogens (tertiary/aromatic N) is 1. The molecular formula is C41H40N2O9S2. The van der Waals surface area contributed by atoms with Crippen molar-refractivity contribution >= 4 is 31.8 Å². The van der Waals surface area contributed by atoms with Crippen molar-refractivity contribution in [2.75, 3.05) is 25.1 Å². The van der Waals surface area contributed by atoms with E-state index in [1.54, 1.807) is 29.2 Å². The Morgan fingerprint density at radius 2 is 1.44 bits per heavy atom. The molecule has 7 rings (SSSR count). The SMILES string of the molecule is Cc1ccc(S(=O)(=O)Oc2cc(OCc3ccccc3)c(C(=O)N3CCc4cccc(N[C@H]5CCOC5)c4C3)c(OS(=O)(=O)c3ccc(C)cc3)c2)cc1. The Labute approximate surface area is 315 Å². The number of amides is 1. The Morgan fingerprint density at radius 1 is 0.796 bits per heavy atom. The van der Waals surface area contributed by atoms with Crippen LogP contribution in [0.2, 0.25) is 0 Å². The number of anilines is 1. The van der Waals surface area contributed by atoms with Crippen molar-refractivity contribution in [3.63, 3.8) is 0 Å². The summed E-state index contributed by atoms with van der Waals surface area (Å²) in [6, 6.07) is 29.8. The summed E-state index contributed by atoms with van der Waals surface area (Å²) in [4.78, 5) is 16.1. The van der Waals surface area contributed by atoms with Gasteiger partial charge in [0, 0.05) is 37.5 Å². The molecule has 0 saturated carbocycles. The molecule has 5 aromatic carbocycles. The highest BCUT2D eigenvalue weighted by atomic mass is 32.2. The van der Waals surface area contributed by atoms with E-state index < -0.39 is 31.9 Å². The molecule has 1 atom stereocenters. The van der Waals surface area contributed by atoms with Crippen molar-refractivity contribution in [3.05, 3.63) is 143 Å². The van der Waals surface area contributed by atoms with Crippen molar-refractivity contribution in [2.24, 2.45) is 0 Å². The lowest BCUT2D eigenvalue weighted by Crippen LogP contribution is -2.37. The lowest BCUT2D eigenvalue weighted by molar-refractivity contribution is 0.0728. The summed E-state index contributed by atoms with van der Waals surface area (Å²) in [7, 11) is -8.95. The molecule has 1 fully saturated rings. The van der Waals surface area contributed by atoms with Crippen molar-refractivity contribution in [3.8, 4) is 17.2 Å². The van der Waals surface area contributed by atoms with E-state index in [9.17, 15) is 21.6 Å². The van der Waals surface area contributed by atoms with Gasteiger partial charge in [-0.2, -0.15) is 16.8 Å². The molecule has 0 radical (unpaired) electrons. The van der Waals surface area contributed by atoms with Crippen LogP contribution in [0.3, 0.4) is 0 Å². The van der Waals surface area contributed by atoms with Gasteiger partial charge in [-0.1, -0.05) is 77.9 Å². The van der Waals surface area contributed by atoms with Crippen LogP contribution in [0.5, 0.6) is 17.2 Å². The van der Waals surface area contributed by atoms with Crippen LogP contribution in [0, 0.1) is 13.8 Å². The molecule has 54 heavy (non-hydrogen) atoms. The third-order valence-corrected chi connectivity index (χ3v) is 11.9. The topological polar surface area (TPSA) is 138 Å². The summed E-state index contributed by atoms with van der Waals surface area (Å²) in [5.74, 6) is -1.43. The van der Waals surface area contributed by atoms with Crippen LogP contribution < -0.4 is 18.4 Å². The van der Waals surface area contributed by atoms with E-state index in [1.807, 2.05) is 62.4 Å². The van der Waals surface area contributed by atoms with Gasteiger partial charge >= 0.3 is 20.2 Å². The molecule has 1 saturated heterocycles. The van der Waals surface area contributed by atoms with E-state index >= 15 is 0 Å². The van der Waals surface area contributed by atoms with Crippen molar-refractivity contribution in [1.82, 2.24) is 4.90 Å². The molecular weight excluding hydrogens is 729 g/mol. The summed E-state index contributed by atoms with van der Waals surface area (Å²) in [6.07, 6.45) is 1.41. The first-order chi connectivity index (χ1) is 25.9. The lowest BCUT2D eigenvalue weighted by atomic mass is 9.96. The molecule has 5 aromatic rings. The van der Waals surface area contributed by atoms with Crippen LogP contribution in [0.1, 0.15) is 44.6 Å². The zero-order valence-corrected chi connectivity index (χ0v) is 31.5. The second kappa shape index (κ2) is 15.5. The van der Waals surface area contributed by atoms with Crippen molar-refractivity contribution in [2.45, 2.75) is 55.7 Å². The summed E-state index contributed by atoms with van der Waals surface area (Å²) >= 11 is 0. The predicted molar refractivity (Wildman–Crippen MR) is 203 cm³/mol. The van der Waals surface area contributed by atoms with Gasteiger partial charge in [-0.25, -0.2) is 0 Å². The number of fused-ring (bicyclic) bond motifs is 1. The van der Waals surface area contributed by atoms with E-state index in [1.165, 1.54) is 30.3 Å². The Hall–Kier alpha value is -5.37. The molecule has 2 aliphatic rings. The molecule has 280 valence electrons. The normalized spacial score (nSPS) is 15.7. The molecule has 11 nitrogen and oxygen atoms in total. The summed E-state index contributed by atoms with van der Waals surface area (Å²) in [6.45, 7) is 5.41. The van der Waals surface area contributed by atoms with Crippen LogP contribution in [0.15, 0.2) is 119 Å². The Balaban J connectivity index is 1.32.